The molecule has 0 aromatic heterocycles. The minimum atomic E-state index is 0.105. The van der Waals surface area contributed by atoms with Crippen molar-refractivity contribution in [2.75, 3.05) is 6.61 Å². The van der Waals surface area contributed by atoms with Gasteiger partial charge in [-0.1, -0.05) is 0 Å². The molecule has 0 aromatic carbocycles. The number of carbonyl (C=O) groups excluding carboxylic acids is 1. The maximum Gasteiger partial charge on any atom is 0.120 e. The zero-order valence-electron chi connectivity index (χ0n) is 5.26. The van der Waals surface area contributed by atoms with Gasteiger partial charge in [0.2, 0.25) is 0 Å². The smallest absolute Gasteiger partial charge is 0.120 e. The van der Waals surface area contributed by atoms with E-state index in [1.54, 1.807) is 0 Å². The van der Waals surface area contributed by atoms with Crippen molar-refractivity contribution in [3.63, 3.8) is 0 Å². The van der Waals surface area contributed by atoms with E-state index >= 15 is 0 Å². The van der Waals surface area contributed by atoms with E-state index in [4.69, 9.17) is 5.11 Å². The fraction of sp³-hybridized carbons (Fsp3) is 0.571. The molecule has 50 valence electrons. The van der Waals surface area contributed by atoms with Gasteiger partial charge in [0.1, 0.15) is 6.29 Å². The Bertz CT molecular complexity index is 119. The van der Waals surface area contributed by atoms with Crippen LogP contribution >= 0.6 is 0 Å². The summed E-state index contributed by atoms with van der Waals surface area (Å²) in [6.45, 7) is 0.105. The number of aldehydes is 1. The zero-order valence-corrected chi connectivity index (χ0v) is 5.26. The van der Waals surface area contributed by atoms with Gasteiger partial charge in [0.05, 0.1) is 6.61 Å². The second-order valence-corrected chi connectivity index (χ2v) is 1.53. The summed E-state index contributed by atoms with van der Waals surface area (Å²) in [4.78, 5) is 9.72. The van der Waals surface area contributed by atoms with Crippen LogP contribution in [-0.2, 0) is 4.79 Å². The summed E-state index contributed by atoms with van der Waals surface area (Å²) < 4.78 is 0. The average Bonchev–Trinajstić information content (AvgIpc) is 1.89. The van der Waals surface area contributed by atoms with Crippen molar-refractivity contribution in [2.24, 2.45) is 0 Å². The molecule has 2 nitrogen and oxygen atoms in total. The maximum atomic E-state index is 9.72. The number of aliphatic hydroxyl groups excluding tert-OH is 1. The van der Waals surface area contributed by atoms with Crippen molar-refractivity contribution in [1.29, 1.82) is 0 Å². The molecule has 0 atom stereocenters. The lowest BCUT2D eigenvalue weighted by atomic mass is 10.3. The predicted octanol–water partition coefficient (Wildman–Crippen LogP) is 0.351. The molecular weight excluding hydrogens is 116 g/mol. The summed E-state index contributed by atoms with van der Waals surface area (Å²) in [7, 11) is 0. The molecule has 9 heavy (non-hydrogen) atoms. The highest BCUT2D eigenvalue weighted by molar-refractivity contribution is 5.49. The van der Waals surface area contributed by atoms with E-state index in [1.165, 1.54) is 0 Å². The van der Waals surface area contributed by atoms with Gasteiger partial charge in [-0.25, -0.2) is 0 Å². The molecule has 2 heteroatoms. The molecular formula is C7H10O2. The molecule has 0 saturated carbocycles. The van der Waals surface area contributed by atoms with Crippen LogP contribution in [0.4, 0.5) is 0 Å². The van der Waals surface area contributed by atoms with Crippen LogP contribution in [0.5, 0.6) is 0 Å². The Balaban J connectivity index is 3.05. The van der Waals surface area contributed by atoms with Crippen LogP contribution in [0.2, 0.25) is 0 Å². The van der Waals surface area contributed by atoms with E-state index in [0.29, 0.717) is 19.3 Å². The van der Waals surface area contributed by atoms with Crippen LogP contribution in [0.25, 0.3) is 0 Å². The Morgan fingerprint density at radius 3 is 2.56 bits per heavy atom. The van der Waals surface area contributed by atoms with Gasteiger partial charge in [0.15, 0.2) is 0 Å². The van der Waals surface area contributed by atoms with E-state index in [2.05, 4.69) is 11.8 Å². The van der Waals surface area contributed by atoms with Crippen molar-refractivity contribution in [3.05, 3.63) is 0 Å². The standard InChI is InChI=1S/C7H10O2/c8-6-4-2-1-3-5-7-9/h6,9H,2,4-5,7H2. The van der Waals surface area contributed by atoms with Gasteiger partial charge < -0.3 is 9.90 Å². The Kier molecular flexibility index (Phi) is 6.54. The topological polar surface area (TPSA) is 37.3 Å². The number of carbonyl (C=O) groups is 1. The van der Waals surface area contributed by atoms with Gasteiger partial charge in [-0.2, -0.15) is 0 Å². The van der Waals surface area contributed by atoms with Crippen molar-refractivity contribution in [3.8, 4) is 11.8 Å². The van der Waals surface area contributed by atoms with Crippen molar-refractivity contribution >= 4 is 6.29 Å². The molecule has 0 spiro atoms. The Morgan fingerprint density at radius 1 is 1.33 bits per heavy atom. The third-order valence-electron chi connectivity index (χ3n) is 0.749. The van der Waals surface area contributed by atoms with Crippen molar-refractivity contribution in [1.82, 2.24) is 0 Å². The molecule has 0 aliphatic rings. The van der Waals surface area contributed by atoms with Crippen molar-refractivity contribution < 1.29 is 9.90 Å². The highest BCUT2D eigenvalue weighted by atomic mass is 16.2. The number of rotatable bonds is 3. The molecule has 0 aliphatic heterocycles. The molecule has 0 rings (SSSR count). The zero-order chi connectivity index (χ0) is 6.95. The van der Waals surface area contributed by atoms with Crippen LogP contribution in [0.1, 0.15) is 19.3 Å². The van der Waals surface area contributed by atoms with Gasteiger partial charge >= 0.3 is 0 Å². The molecule has 0 aromatic rings. The van der Waals surface area contributed by atoms with Gasteiger partial charge in [0, 0.05) is 19.3 Å². The summed E-state index contributed by atoms with van der Waals surface area (Å²) in [6.07, 6.45) is 2.47. The molecule has 0 radical (unpaired) electrons. The lowest BCUT2D eigenvalue weighted by Crippen LogP contribution is -1.76. The molecule has 0 aliphatic carbocycles. The molecule has 0 amide bonds. The Labute approximate surface area is 54.9 Å². The van der Waals surface area contributed by atoms with Crippen LogP contribution in [0.3, 0.4) is 0 Å². The monoisotopic (exact) mass is 126 g/mol. The molecule has 0 fully saturated rings. The third-order valence-corrected chi connectivity index (χ3v) is 0.749. The van der Waals surface area contributed by atoms with E-state index in [9.17, 15) is 4.79 Å². The van der Waals surface area contributed by atoms with Crippen LogP contribution in [0.15, 0.2) is 0 Å². The van der Waals surface area contributed by atoms with Gasteiger partial charge in [-0.3, -0.25) is 0 Å². The van der Waals surface area contributed by atoms with E-state index in [0.717, 1.165) is 6.29 Å². The third kappa shape index (κ3) is 7.19. The first-order valence-corrected chi connectivity index (χ1v) is 2.92. The second kappa shape index (κ2) is 7.19. The summed E-state index contributed by atoms with van der Waals surface area (Å²) in [6, 6.07) is 0. The second-order valence-electron chi connectivity index (χ2n) is 1.53. The predicted molar refractivity (Wildman–Crippen MR) is 34.8 cm³/mol. The van der Waals surface area contributed by atoms with Crippen LogP contribution in [0, 0.1) is 11.8 Å². The molecule has 0 unspecified atom stereocenters. The van der Waals surface area contributed by atoms with E-state index in [-0.39, 0.29) is 6.61 Å². The minimum absolute atomic E-state index is 0.105. The van der Waals surface area contributed by atoms with Gasteiger partial charge in [-0.05, 0) is 0 Å². The fourth-order valence-corrected chi connectivity index (χ4v) is 0.364. The van der Waals surface area contributed by atoms with Crippen molar-refractivity contribution in [2.45, 2.75) is 19.3 Å². The van der Waals surface area contributed by atoms with Crippen LogP contribution in [-0.4, -0.2) is 18.0 Å². The Morgan fingerprint density at radius 2 is 2.00 bits per heavy atom. The minimum Gasteiger partial charge on any atom is -0.395 e. The molecule has 1 N–H and O–H groups in total. The van der Waals surface area contributed by atoms with Gasteiger partial charge in [0.25, 0.3) is 0 Å². The summed E-state index contributed by atoms with van der Waals surface area (Å²) >= 11 is 0. The first kappa shape index (κ1) is 8.19. The van der Waals surface area contributed by atoms with E-state index in [1.807, 2.05) is 0 Å². The first-order valence-electron chi connectivity index (χ1n) is 2.92. The first-order chi connectivity index (χ1) is 4.41. The Hall–Kier alpha value is -0.810. The summed E-state index contributed by atoms with van der Waals surface area (Å²) in [5.74, 6) is 5.46. The fourth-order valence-electron chi connectivity index (χ4n) is 0.364. The number of hydrogen-bond acceptors (Lipinski definition) is 2. The number of aliphatic hydroxyl groups is 1. The largest absolute Gasteiger partial charge is 0.395 e. The number of hydrogen-bond donors (Lipinski definition) is 1. The highest BCUT2D eigenvalue weighted by Crippen LogP contribution is 1.80. The normalized spacial score (nSPS) is 7.67. The average molecular weight is 126 g/mol. The molecule has 0 saturated heterocycles. The lowest BCUT2D eigenvalue weighted by Gasteiger charge is -1.78. The van der Waals surface area contributed by atoms with E-state index < -0.39 is 0 Å². The lowest BCUT2D eigenvalue weighted by molar-refractivity contribution is -0.107. The summed E-state index contributed by atoms with van der Waals surface area (Å²) in [5.41, 5.74) is 0. The molecule has 0 bridgehead atoms. The SMILES string of the molecule is O=CCCC#CCCO. The quantitative estimate of drug-likeness (QED) is 0.336. The van der Waals surface area contributed by atoms with Gasteiger partial charge in [-0.15, -0.1) is 11.8 Å². The molecule has 0 heterocycles. The summed E-state index contributed by atoms with van der Waals surface area (Å²) in [5, 5.41) is 8.25. The van der Waals surface area contributed by atoms with Crippen LogP contribution < -0.4 is 0 Å². The highest BCUT2D eigenvalue weighted by Gasteiger charge is 1.75. The number of unbranched alkanes of at least 4 members (excludes halogenated alkanes) is 1. The maximum absolute atomic E-state index is 9.72.